The molecule has 0 N–H and O–H groups in total. The van der Waals surface area contributed by atoms with Crippen LogP contribution < -0.4 is 0 Å². The monoisotopic (exact) mass is 994 g/mol. The molecular weight excluding hydrogens is 906 g/mol. The summed E-state index contributed by atoms with van der Waals surface area (Å²) in [6.45, 7) is 66.2. The molecule has 0 aliphatic carbocycles. The van der Waals surface area contributed by atoms with Crippen molar-refractivity contribution in [1.82, 2.24) is 0 Å². The fourth-order valence-corrected chi connectivity index (χ4v) is 13.5. The molecule has 0 heterocycles. The zero-order valence-electron chi connectivity index (χ0n) is 36.8. The summed E-state index contributed by atoms with van der Waals surface area (Å²) >= 11 is 6.94. The van der Waals surface area contributed by atoms with Crippen molar-refractivity contribution in [2.75, 3.05) is 0 Å². The standard InChI is InChI=1S/4C9H21Si.2ClGe.Ge2/c4*1-8(2,3)10(7)9(4,5)6;3*1-2/h4*1-7H3;;;. The molecule has 0 saturated heterocycles. The van der Waals surface area contributed by atoms with E-state index in [0.717, 1.165) is 0 Å². The second-order valence-electron chi connectivity index (χ2n) is 20.5. The van der Waals surface area contributed by atoms with E-state index in [1.165, 1.54) is 31.2 Å². The van der Waals surface area contributed by atoms with Gasteiger partial charge >= 0.3 is 79.2 Å². The van der Waals surface area contributed by atoms with Crippen LogP contribution in [0.2, 0.25) is 66.5 Å². The summed E-state index contributed by atoms with van der Waals surface area (Å²) in [7, 11) is 8.40. The molecular formula is C36H84Cl2Ge4Si4. The summed E-state index contributed by atoms with van der Waals surface area (Å²) < 4.78 is 0. The Kier molecular flexibility index (Phi) is 38.2. The van der Waals surface area contributed by atoms with Crippen molar-refractivity contribution < 1.29 is 0 Å². The van der Waals surface area contributed by atoms with E-state index in [1.54, 1.807) is 0 Å². The van der Waals surface area contributed by atoms with Gasteiger partial charge in [-0.25, -0.2) is 0 Å². The van der Waals surface area contributed by atoms with Crippen LogP contribution in [0.4, 0.5) is 0 Å². The Morgan fingerprint density at radius 1 is 0.239 bits per heavy atom. The molecule has 0 saturated carbocycles. The molecule has 0 spiro atoms. The SMILES string of the molecule is C[Si](C(C)(C)C)C(C)(C)C.C[Si](C(C)(C)C)C(C)(C)C.C[Si](C(C)(C)C)C(C)(C)C.C[Si](C(C)(C)C)C(C)(C)C.[Cl][Ge].[Cl][Ge].[Ge]=[Ge]. The molecule has 274 valence electrons. The summed E-state index contributed by atoms with van der Waals surface area (Å²) in [5, 5.41) is 4.36. The second kappa shape index (κ2) is 27.2. The van der Waals surface area contributed by atoms with Gasteiger partial charge in [0.1, 0.15) is 0 Å². The van der Waals surface area contributed by atoms with Crippen molar-refractivity contribution in [3.63, 3.8) is 0 Å². The molecule has 0 amide bonds. The third kappa shape index (κ3) is 38.8. The Hall–Kier alpha value is 3.62. The van der Waals surface area contributed by atoms with E-state index >= 15 is 0 Å². The summed E-state index contributed by atoms with van der Waals surface area (Å²) in [4.78, 5) is 0. The number of halogens is 2. The molecule has 0 atom stereocenters. The summed E-state index contributed by atoms with van der Waals surface area (Å²) in [5.74, 6) is 0. The van der Waals surface area contributed by atoms with E-state index in [2.05, 4.69) is 212 Å². The second-order valence-corrected chi connectivity index (χ2v) is 37.5. The minimum atomic E-state index is -0.221. The fourth-order valence-electron chi connectivity index (χ4n) is 4.50. The average molecular weight is 991 g/mol. The summed E-state index contributed by atoms with van der Waals surface area (Å²) in [6, 6.07) is 0. The van der Waals surface area contributed by atoms with Crippen LogP contribution in [0, 0.1) is 0 Å². The van der Waals surface area contributed by atoms with E-state index in [4.69, 9.17) is 0 Å². The zero-order valence-corrected chi connectivity index (χ0v) is 50.7. The van der Waals surface area contributed by atoms with Gasteiger partial charge in [0, 0.05) is 0 Å². The normalized spacial score (nSPS) is 12.9. The molecule has 0 rings (SSSR count). The summed E-state index contributed by atoms with van der Waals surface area (Å²) in [6.07, 6.45) is 0. The third-order valence-electron chi connectivity index (χ3n) is 9.00. The third-order valence-corrected chi connectivity index (χ3v) is 27.0. The zero-order chi connectivity index (χ0) is 40.3. The molecule has 0 aromatic heterocycles. The maximum absolute atomic E-state index is 4.64. The van der Waals surface area contributed by atoms with E-state index in [-0.39, 0.29) is 35.2 Å². The first-order chi connectivity index (χ1) is 19.6. The molecule has 0 unspecified atom stereocenters. The van der Waals surface area contributed by atoms with Crippen LogP contribution in [0.15, 0.2) is 0 Å². The predicted molar refractivity (Wildman–Crippen MR) is 239 cm³/mol. The van der Waals surface area contributed by atoms with Crippen molar-refractivity contribution in [2.24, 2.45) is 0 Å². The van der Waals surface area contributed by atoms with Crippen LogP contribution in [0.1, 0.15) is 166 Å². The van der Waals surface area contributed by atoms with Crippen LogP contribution in [-0.2, 0) is 0 Å². The van der Waals surface area contributed by atoms with Gasteiger partial charge in [-0.1, -0.05) is 192 Å². The van der Waals surface area contributed by atoms with Crippen LogP contribution in [0.5, 0.6) is 0 Å². The van der Waals surface area contributed by atoms with Crippen molar-refractivity contribution >= 4 is 114 Å². The minimum absolute atomic E-state index is 0.221. The Balaban J connectivity index is -0.0000000833. The number of hydrogen-bond donors (Lipinski definition) is 0. The van der Waals surface area contributed by atoms with Crippen LogP contribution >= 0.6 is 20.0 Å². The molecule has 10 heteroatoms. The van der Waals surface area contributed by atoms with Gasteiger partial charge in [0.25, 0.3) is 0 Å². The Bertz CT molecular complexity index is 521. The molecule has 0 aromatic carbocycles. The van der Waals surface area contributed by atoms with Gasteiger partial charge in [-0.15, -0.1) is 0 Å². The molecule has 0 nitrogen and oxygen atoms in total. The van der Waals surface area contributed by atoms with Gasteiger partial charge in [-0.2, -0.15) is 0 Å². The van der Waals surface area contributed by atoms with E-state index < -0.39 is 0 Å². The van der Waals surface area contributed by atoms with E-state index in [9.17, 15) is 0 Å². The molecule has 0 aliphatic heterocycles. The molecule has 0 aromatic rings. The van der Waals surface area contributed by atoms with Gasteiger partial charge < -0.3 is 0 Å². The molecule has 0 bridgehead atoms. The number of hydrogen-bond acceptors (Lipinski definition) is 0. The molecule has 46 heavy (non-hydrogen) atoms. The van der Waals surface area contributed by atoms with Crippen LogP contribution in [0.25, 0.3) is 0 Å². The van der Waals surface area contributed by atoms with Crippen molar-refractivity contribution in [3.05, 3.63) is 0 Å². The quantitative estimate of drug-likeness (QED) is 0.212. The summed E-state index contributed by atoms with van der Waals surface area (Å²) in [5.41, 5.74) is 0. The topological polar surface area (TPSA) is 0 Å². The first-order valence-electron chi connectivity index (χ1n) is 16.6. The maximum atomic E-state index is 4.64. The van der Waals surface area contributed by atoms with Gasteiger partial charge in [0.15, 0.2) is 0 Å². The van der Waals surface area contributed by atoms with Crippen molar-refractivity contribution in [1.29, 1.82) is 0 Å². The number of rotatable bonds is 0. The first kappa shape index (κ1) is 64.6. The van der Waals surface area contributed by atoms with Gasteiger partial charge in [-0.05, 0) is 40.3 Å². The van der Waals surface area contributed by atoms with E-state index in [1.807, 2.05) is 28.0 Å². The van der Waals surface area contributed by atoms with Crippen LogP contribution in [-0.4, -0.2) is 94.4 Å². The van der Waals surface area contributed by atoms with Gasteiger partial charge in [-0.3, -0.25) is 0 Å². The van der Waals surface area contributed by atoms with Crippen molar-refractivity contribution in [2.45, 2.75) is 233 Å². The molecule has 0 aliphatic rings. The van der Waals surface area contributed by atoms with E-state index in [0.29, 0.717) is 40.3 Å². The van der Waals surface area contributed by atoms with Crippen LogP contribution in [0.3, 0.4) is 0 Å². The first-order valence-corrected chi connectivity index (χ1v) is 36.6. The Labute approximate surface area is 343 Å². The fraction of sp³-hybridized carbons (Fsp3) is 1.00. The van der Waals surface area contributed by atoms with Gasteiger partial charge in [0.2, 0.25) is 0 Å². The molecule has 14 radical (unpaired) electrons. The molecule has 0 fully saturated rings. The Morgan fingerprint density at radius 3 is 0.283 bits per heavy atom. The predicted octanol–water partition coefficient (Wildman–Crippen LogP) is 14.7. The van der Waals surface area contributed by atoms with Gasteiger partial charge in [0.05, 0.1) is 35.2 Å². The van der Waals surface area contributed by atoms with Crippen molar-refractivity contribution in [3.8, 4) is 0 Å². The Morgan fingerprint density at radius 2 is 0.283 bits per heavy atom. The average Bonchev–Trinajstić information content (AvgIpc) is 2.82.